The Bertz CT molecular complexity index is 1120. The Hall–Kier alpha value is -3.34. The van der Waals surface area contributed by atoms with Gasteiger partial charge in [-0.1, -0.05) is 43.3 Å². The van der Waals surface area contributed by atoms with Gasteiger partial charge in [-0.25, -0.2) is 0 Å². The molecular weight excluding hydrogens is 412 g/mol. The molecule has 1 aromatic carbocycles. The molecular formula is C28H31N2O3-. The van der Waals surface area contributed by atoms with Crippen LogP contribution in [0.1, 0.15) is 50.0 Å². The number of carboxylic acids is 1. The summed E-state index contributed by atoms with van der Waals surface area (Å²) in [6.07, 6.45) is 13.0. The molecule has 1 aromatic rings. The van der Waals surface area contributed by atoms with Crippen LogP contribution in [0.3, 0.4) is 0 Å². The molecule has 2 aliphatic carbocycles. The third kappa shape index (κ3) is 4.45. The number of fused-ring (bicyclic) bond motifs is 2. The maximum absolute atomic E-state index is 12.0. The standard InChI is InChI=1S/C28H32N2O3/c1-5-18(4)29-19-12-14-23-25(16-19)33-26-17-20(30(6-2)7-3)13-15-24(26)27(23)21-10-8-9-11-22(21)28(31)32/h8-18,23,26H,5-7H2,1-4H3,(H,31,32)/p-1. The van der Waals surface area contributed by atoms with Crippen molar-refractivity contribution in [1.29, 1.82) is 0 Å². The van der Waals surface area contributed by atoms with Gasteiger partial charge in [0.05, 0.1) is 17.6 Å². The molecule has 0 amide bonds. The van der Waals surface area contributed by atoms with E-state index in [-0.39, 0.29) is 23.6 Å². The van der Waals surface area contributed by atoms with Gasteiger partial charge in [0.15, 0.2) is 0 Å². The molecule has 5 heteroatoms. The molecule has 0 N–H and O–H groups in total. The third-order valence-corrected chi connectivity index (χ3v) is 6.53. The molecule has 4 rings (SSSR count). The highest BCUT2D eigenvalue weighted by Crippen LogP contribution is 2.45. The molecule has 1 heterocycles. The number of benzene rings is 1. The van der Waals surface area contributed by atoms with Crippen LogP contribution in [-0.2, 0) is 4.74 Å². The summed E-state index contributed by atoms with van der Waals surface area (Å²) in [5, 5.41) is 12.0. The molecule has 0 bridgehead atoms. The number of carbonyl (C=O) groups is 1. The van der Waals surface area contributed by atoms with Gasteiger partial charge in [-0.05, 0) is 56.6 Å². The Morgan fingerprint density at radius 1 is 1.15 bits per heavy atom. The van der Waals surface area contributed by atoms with Gasteiger partial charge in [0.1, 0.15) is 11.9 Å². The quantitative estimate of drug-likeness (QED) is 0.630. The minimum absolute atomic E-state index is 0.180. The first-order chi connectivity index (χ1) is 16.0. The fraction of sp³-hybridized carbons (Fsp3) is 0.357. The zero-order valence-electron chi connectivity index (χ0n) is 19.7. The van der Waals surface area contributed by atoms with Crippen molar-refractivity contribution >= 4 is 17.3 Å². The lowest BCUT2D eigenvalue weighted by Crippen LogP contribution is -2.32. The highest BCUT2D eigenvalue weighted by atomic mass is 16.5. The van der Waals surface area contributed by atoms with Crippen LogP contribution in [0.4, 0.5) is 0 Å². The van der Waals surface area contributed by atoms with Gasteiger partial charge in [0, 0.05) is 42.0 Å². The molecule has 0 radical (unpaired) electrons. The van der Waals surface area contributed by atoms with E-state index >= 15 is 0 Å². The number of hydrogen-bond donors (Lipinski definition) is 0. The van der Waals surface area contributed by atoms with Crippen LogP contribution in [-0.4, -0.2) is 41.8 Å². The average molecular weight is 444 g/mol. The van der Waals surface area contributed by atoms with E-state index < -0.39 is 5.97 Å². The summed E-state index contributed by atoms with van der Waals surface area (Å²) in [4.78, 5) is 19.0. The number of rotatable bonds is 7. The number of aliphatic imine (C=N–C) groups is 1. The molecule has 5 nitrogen and oxygen atoms in total. The first-order valence-corrected chi connectivity index (χ1v) is 11.8. The van der Waals surface area contributed by atoms with Crippen LogP contribution >= 0.6 is 0 Å². The first kappa shape index (κ1) is 22.8. The molecule has 3 unspecified atom stereocenters. The van der Waals surface area contributed by atoms with Crippen LogP contribution in [0.2, 0.25) is 0 Å². The predicted molar refractivity (Wildman–Crippen MR) is 131 cm³/mol. The van der Waals surface area contributed by atoms with Crippen molar-refractivity contribution in [3.05, 3.63) is 88.9 Å². The van der Waals surface area contributed by atoms with E-state index in [2.05, 4.69) is 56.9 Å². The molecule has 0 aromatic heterocycles. The van der Waals surface area contributed by atoms with Gasteiger partial charge in [-0.15, -0.1) is 0 Å². The van der Waals surface area contributed by atoms with E-state index in [1.165, 1.54) is 0 Å². The second-order valence-corrected chi connectivity index (χ2v) is 8.53. The summed E-state index contributed by atoms with van der Waals surface area (Å²) >= 11 is 0. The molecule has 33 heavy (non-hydrogen) atoms. The largest absolute Gasteiger partial charge is 0.545 e. The van der Waals surface area contributed by atoms with E-state index in [0.29, 0.717) is 5.56 Å². The second-order valence-electron chi connectivity index (χ2n) is 8.53. The average Bonchev–Trinajstić information content (AvgIpc) is 2.83. The summed E-state index contributed by atoms with van der Waals surface area (Å²) in [5.41, 5.74) is 4.79. The Kier molecular flexibility index (Phi) is 6.68. The molecule has 3 atom stereocenters. The number of nitrogens with zero attached hydrogens (tertiary/aromatic N) is 2. The topological polar surface area (TPSA) is 65.0 Å². The maximum Gasteiger partial charge on any atom is 0.144 e. The molecule has 1 aliphatic heterocycles. The van der Waals surface area contributed by atoms with Crippen LogP contribution in [0, 0.1) is 5.92 Å². The van der Waals surface area contributed by atoms with Crippen molar-refractivity contribution in [2.45, 2.75) is 46.3 Å². The monoisotopic (exact) mass is 443 g/mol. The second kappa shape index (κ2) is 9.65. The SMILES string of the molecule is CCC(C)N=C1C=CC2C(=C1)OC1C=C(N(CC)CC)C=CC1=C2c1ccccc1C(=O)[O-]. The number of carbonyl (C=O) groups excluding carboxylic acids is 1. The lowest BCUT2D eigenvalue weighted by atomic mass is 9.78. The molecule has 0 saturated carbocycles. The van der Waals surface area contributed by atoms with Crippen LogP contribution in [0.15, 0.2) is 82.7 Å². The smallest absolute Gasteiger partial charge is 0.144 e. The van der Waals surface area contributed by atoms with Crippen LogP contribution < -0.4 is 5.11 Å². The van der Waals surface area contributed by atoms with Crippen molar-refractivity contribution in [2.24, 2.45) is 10.9 Å². The predicted octanol–water partition coefficient (Wildman–Crippen LogP) is 4.31. The van der Waals surface area contributed by atoms with Gasteiger partial charge >= 0.3 is 0 Å². The van der Waals surface area contributed by atoms with E-state index in [1.807, 2.05) is 24.3 Å². The summed E-state index contributed by atoms with van der Waals surface area (Å²) < 4.78 is 6.52. The Morgan fingerprint density at radius 3 is 2.61 bits per heavy atom. The number of aromatic carboxylic acids is 1. The summed E-state index contributed by atoms with van der Waals surface area (Å²) in [6.45, 7) is 10.3. The highest BCUT2D eigenvalue weighted by Gasteiger charge is 2.36. The fourth-order valence-corrected chi connectivity index (χ4v) is 4.60. The number of likely N-dealkylation sites (N-methyl/N-ethyl adjacent to an activating group) is 1. The summed E-state index contributed by atoms with van der Waals surface area (Å²) in [5.74, 6) is -0.562. The molecule has 3 aliphatic rings. The maximum atomic E-state index is 12.0. The zero-order chi connectivity index (χ0) is 23.5. The van der Waals surface area contributed by atoms with Gasteiger partial charge in [0.25, 0.3) is 0 Å². The molecule has 0 spiro atoms. The lowest BCUT2D eigenvalue weighted by molar-refractivity contribution is -0.255. The minimum atomic E-state index is -1.18. The fourth-order valence-electron chi connectivity index (χ4n) is 4.60. The van der Waals surface area contributed by atoms with E-state index in [1.54, 1.807) is 12.1 Å². The Balaban J connectivity index is 1.87. The van der Waals surface area contributed by atoms with Crippen LogP contribution in [0.25, 0.3) is 5.57 Å². The molecule has 0 saturated heterocycles. The minimum Gasteiger partial charge on any atom is -0.545 e. The van der Waals surface area contributed by atoms with Crippen molar-refractivity contribution in [2.75, 3.05) is 13.1 Å². The van der Waals surface area contributed by atoms with Crippen molar-refractivity contribution in [1.82, 2.24) is 4.90 Å². The number of hydrogen-bond acceptors (Lipinski definition) is 5. The van der Waals surface area contributed by atoms with Crippen molar-refractivity contribution in [3.63, 3.8) is 0 Å². The van der Waals surface area contributed by atoms with Gasteiger partial charge in [-0.2, -0.15) is 0 Å². The number of ether oxygens (including phenoxy) is 1. The summed E-state index contributed by atoms with van der Waals surface area (Å²) in [6, 6.07) is 7.29. The van der Waals surface area contributed by atoms with Crippen molar-refractivity contribution in [3.8, 4) is 0 Å². The Morgan fingerprint density at radius 2 is 1.91 bits per heavy atom. The zero-order valence-corrected chi connectivity index (χ0v) is 19.7. The lowest BCUT2D eigenvalue weighted by Gasteiger charge is -2.38. The normalized spacial score (nSPS) is 23.3. The van der Waals surface area contributed by atoms with Gasteiger partial charge in [0.2, 0.25) is 0 Å². The molecule has 0 fully saturated rings. The van der Waals surface area contributed by atoms with Gasteiger partial charge < -0.3 is 19.5 Å². The van der Waals surface area contributed by atoms with E-state index in [0.717, 1.165) is 47.8 Å². The third-order valence-electron chi connectivity index (χ3n) is 6.53. The van der Waals surface area contributed by atoms with Gasteiger partial charge in [-0.3, -0.25) is 4.99 Å². The first-order valence-electron chi connectivity index (χ1n) is 11.8. The van der Waals surface area contributed by atoms with Crippen LogP contribution in [0.5, 0.6) is 0 Å². The summed E-state index contributed by atoms with van der Waals surface area (Å²) in [7, 11) is 0. The van der Waals surface area contributed by atoms with E-state index in [4.69, 9.17) is 9.73 Å². The van der Waals surface area contributed by atoms with Crippen molar-refractivity contribution < 1.29 is 14.6 Å². The number of allylic oxidation sites excluding steroid dienone is 4. The number of carboxylic acid groups (broad SMARTS) is 1. The Labute approximate surface area is 196 Å². The van der Waals surface area contributed by atoms with E-state index in [9.17, 15) is 9.90 Å². The molecule has 172 valence electrons. The highest BCUT2D eigenvalue weighted by molar-refractivity contribution is 6.06.